The number of aryl methyl sites for hydroxylation is 2. The minimum Gasteiger partial charge on any atom is -0.383 e. The molecule has 0 fully saturated rings. The van der Waals surface area contributed by atoms with Gasteiger partial charge in [0.05, 0.1) is 11.1 Å². The van der Waals surface area contributed by atoms with Crippen molar-refractivity contribution in [2.75, 3.05) is 5.73 Å². The van der Waals surface area contributed by atoms with Crippen molar-refractivity contribution in [2.45, 2.75) is 33.2 Å². The molecule has 15 heavy (non-hydrogen) atoms. The molecule has 0 amide bonds. The van der Waals surface area contributed by atoms with E-state index in [0.717, 1.165) is 36.1 Å². The molecule has 0 saturated heterocycles. The lowest BCUT2D eigenvalue weighted by Gasteiger charge is -1.98. The number of nitrogens with two attached hydrogens (primary N) is 1. The number of hydrogen-bond donors (Lipinski definition) is 1. The van der Waals surface area contributed by atoms with Crippen molar-refractivity contribution >= 4 is 16.9 Å². The van der Waals surface area contributed by atoms with Crippen LogP contribution in [0, 0.1) is 0 Å². The molecule has 2 N–H and O–H groups in total. The van der Waals surface area contributed by atoms with Gasteiger partial charge >= 0.3 is 0 Å². The lowest BCUT2D eigenvalue weighted by Crippen LogP contribution is -2.00. The number of nitrogen functional groups attached to an aromatic ring is 1. The summed E-state index contributed by atoms with van der Waals surface area (Å²) in [6.45, 7) is 5.04. The molecule has 5 nitrogen and oxygen atoms in total. The predicted octanol–water partition coefficient (Wildman–Crippen LogP) is 1.38. The average molecular weight is 205 g/mol. The van der Waals surface area contributed by atoms with Crippen LogP contribution in [0.25, 0.3) is 11.0 Å². The maximum absolute atomic E-state index is 5.84. The Hall–Kier alpha value is -1.65. The molecule has 2 rings (SSSR count). The van der Waals surface area contributed by atoms with Gasteiger partial charge in [0.1, 0.15) is 12.1 Å². The van der Waals surface area contributed by atoms with Crippen molar-refractivity contribution < 1.29 is 0 Å². The van der Waals surface area contributed by atoms with E-state index in [0.29, 0.717) is 5.82 Å². The summed E-state index contributed by atoms with van der Waals surface area (Å²) in [5, 5.41) is 5.40. The van der Waals surface area contributed by atoms with E-state index in [1.807, 2.05) is 4.68 Å². The zero-order chi connectivity index (χ0) is 10.8. The van der Waals surface area contributed by atoms with Gasteiger partial charge in [-0.05, 0) is 12.8 Å². The predicted molar refractivity (Wildman–Crippen MR) is 59.4 cm³/mol. The van der Waals surface area contributed by atoms with Crippen LogP contribution in [0.2, 0.25) is 0 Å². The molecule has 2 heterocycles. The van der Waals surface area contributed by atoms with Gasteiger partial charge in [-0.25, -0.2) is 14.6 Å². The van der Waals surface area contributed by atoms with Gasteiger partial charge in [0.15, 0.2) is 5.65 Å². The molecule has 80 valence electrons. The number of nitrogens with zero attached hydrogens (tertiary/aromatic N) is 4. The number of anilines is 1. The van der Waals surface area contributed by atoms with Gasteiger partial charge in [-0.3, -0.25) is 0 Å². The fourth-order valence-corrected chi connectivity index (χ4v) is 1.72. The van der Waals surface area contributed by atoms with Crippen LogP contribution in [0.3, 0.4) is 0 Å². The number of aromatic nitrogens is 4. The zero-order valence-electron chi connectivity index (χ0n) is 9.06. The summed E-state index contributed by atoms with van der Waals surface area (Å²) in [6, 6.07) is 0. The highest BCUT2D eigenvalue weighted by atomic mass is 15.3. The SMILES string of the molecule is CCCn1nc(CC)c2c(N)ncnc21. The second kappa shape index (κ2) is 3.84. The van der Waals surface area contributed by atoms with Crippen LogP contribution in [0.15, 0.2) is 6.33 Å². The van der Waals surface area contributed by atoms with Crippen LogP contribution in [-0.2, 0) is 13.0 Å². The Morgan fingerprint density at radius 1 is 1.33 bits per heavy atom. The molecule has 0 aromatic carbocycles. The number of hydrogen-bond acceptors (Lipinski definition) is 4. The fourth-order valence-electron chi connectivity index (χ4n) is 1.72. The third-order valence-corrected chi connectivity index (χ3v) is 2.40. The van der Waals surface area contributed by atoms with E-state index in [-0.39, 0.29) is 0 Å². The van der Waals surface area contributed by atoms with Gasteiger partial charge in [0, 0.05) is 6.54 Å². The molecular weight excluding hydrogens is 190 g/mol. The molecule has 0 aliphatic carbocycles. The first-order valence-corrected chi connectivity index (χ1v) is 5.23. The quantitative estimate of drug-likeness (QED) is 0.821. The van der Waals surface area contributed by atoms with Crippen LogP contribution < -0.4 is 5.73 Å². The molecule has 5 heteroatoms. The largest absolute Gasteiger partial charge is 0.383 e. The van der Waals surface area contributed by atoms with E-state index < -0.39 is 0 Å². The van der Waals surface area contributed by atoms with Crippen molar-refractivity contribution in [1.29, 1.82) is 0 Å². The smallest absolute Gasteiger partial charge is 0.163 e. The zero-order valence-corrected chi connectivity index (χ0v) is 9.06. The van der Waals surface area contributed by atoms with Gasteiger partial charge in [0.25, 0.3) is 0 Å². The summed E-state index contributed by atoms with van der Waals surface area (Å²) in [5.74, 6) is 0.527. The van der Waals surface area contributed by atoms with E-state index in [9.17, 15) is 0 Å². The first kappa shape index (κ1) is 9.89. The molecule has 0 spiro atoms. The third kappa shape index (κ3) is 1.54. The molecule has 0 aliphatic heterocycles. The van der Waals surface area contributed by atoms with Crippen molar-refractivity contribution in [3.05, 3.63) is 12.0 Å². The van der Waals surface area contributed by atoms with Gasteiger partial charge in [0.2, 0.25) is 0 Å². The molecule has 2 aromatic rings. The van der Waals surface area contributed by atoms with E-state index in [1.165, 1.54) is 6.33 Å². The van der Waals surface area contributed by atoms with E-state index in [2.05, 4.69) is 28.9 Å². The number of rotatable bonds is 3. The second-order valence-corrected chi connectivity index (χ2v) is 3.48. The molecule has 0 aliphatic rings. The summed E-state index contributed by atoms with van der Waals surface area (Å²) in [6.07, 6.45) is 3.37. The first-order valence-electron chi connectivity index (χ1n) is 5.23. The van der Waals surface area contributed by atoms with Crippen LogP contribution >= 0.6 is 0 Å². The summed E-state index contributed by atoms with van der Waals surface area (Å²) in [4.78, 5) is 8.24. The fraction of sp³-hybridized carbons (Fsp3) is 0.500. The van der Waals surface area contributed by atoms with Gasteiger partial charge in [-0.1, -0.05) is 13.8 Å². The second-order valence-electron chi connectivity index (χ2n) is 3.48. The normalized spacial score (nSPS) is 11.1. The van der Waals surface area contributed by atoms with Gasteiger partial charge in [-0.15, -0.1) is 0 Å². The van der Waals surface area contributed by atoms with Crippen molar-refractivity contribution in [3.8, 4) is 0 Å². The molecule has 0 unspecified atom stereocenters. The minimum absolute atomic E-state index is 0.527. The summed E-state index contributed by atoms with van der Waals surface area (Å²) >= 11 is 0. The Morgan fingerprint density at radius 2 is 2.13 bits per heavy atom. The topological polar surface area (TPSA) is 69.6 Å². The van der Waals surface area contributed by atoms with Crippen molar-refractivity contribution in [3.63, 3.8) is 0 Å². The van der Waals surface area contributed by atoms with Crippen LogP contribution in [-0.4, -0.2) is 19.7 Å². The van der Waals surface area contributed by atoms with Crippen molar-refractivity contribution in [1.82, 2.24) is 19.7 Å². The van der Waals surface area contributed by atoms with Gasteiger partial charge in [-0.2, -0.15) is 5.10 Å². The number of fused-ring (bicyclic) bond motifs is 1. The van der Waals surface area contributed by atoms with Crippen LogP contribution in [0.1, 0.15) is 26.0 Å². The maximum atomic E-state index is 5.84. The highest BCUT2D eigenvalue weighted by Gasteiger charge is 2.12. The van der Waals surface area contributed by atoms with E-state index in [4.69, 9.17) is 5.73 Å². The molecule has 0 saturated carbocycles. The first-order chi connectivity index (χ1) is 7.27. The molecule has 0 radical (unpaired) electrons. The monoisotopic (exact) mass is 205 g/mol. The Bertz CT molecular complexity index is 474. The lowest BCUT2D eigenvalue weighted by molar-refractivity contribution is 0.608. The standard InChI is InChI=1S/C10H15N5/c1-3-5-15-10-8(7(4-2)14-15)9(11)12-6-13-10/h6H,3-5H2,1-2H3,(H2,11,12,13). The van der Waals surface area contributed by atoms with E-state index in [1.54, 1.807) is 0 Å². The highest BCUT2D eigenvalue weighted by molar-refractivity contribution is 5.88. The average Bonchev–Trinajstić information content (AvgIpc) is 2.59. The van der Waals surface area contributed by atoms with Crippen LogP contribution in [0.4, 0.5) is 5.82 Å². The minimum atomic E-state index is 0.527. The summed E-state index contributed by atoms with van der Waals surface area (Å²) in [7, 11) is 0. The maximum Gasteiger partial charge on any atom is 0.163 e. The molecule has 0 bridgehead atoms. The summed E-state index contributed by atoms with van der Waals surface area (Å²) < 4.78 is 1.91. The molecule has 0 atom stereocenters. The van der Waals surface area contributed by atoms with Gasteiger partial charge < -0.3 is 5.73 Å². The Labute approximate surface area is 88.3 Å². The Morgan fingerprint density at radius 3 is 2.80 bits per heavy atom. The highest BCUT2D eigenvalue weighted by Crippen LogP contribution is 2.21. The molecular formula is C10H15N5. The van der Waals surface area contributed by atoms with Crippen LogP contribution in [0.5, 0.6) is 0 Å². The van der Waals surface area contributed by atoms with Crippen molar-refractivity contribution in [2.24, 2.45) is 0 Å². The third-order valence-electron chi connectivity index (χ3n) is 2.40. The molecule has 2 aromatic heterocycles. The Kier molecular flexibility index (Phi) is 2.53. The Balaban J connectivity index is 2.69. The summed E-state index contributed by atoms with van der Waals surface area (Å²) in [5.41, 5.74) is 7.67. The lowest BCUT2D eigenvalue weighted by atomic mass is 10.2. The van der Waals surface area contributed by atoms with E-state index >= 15 is 0 Å².